The third kappa shape index (κ3) is 3.64. The number of rotatable bonds is 5. The number of carbonyl (C=O) groups excluding carboxylic acids is 1. The Balaban J connectivity index is 1.95. The van der Waals surface area contributed by atoms with Gasteiger partial charge >= 0.3 is 0 Å². The van der Waals surface area contributed by atoms with Gasteiger partial charge in [-0.1, -0.05) is 17.7 Å². The average Bonchev–Trinajstić information content (AvgIpc) is 2.91. The van der Waals surface area contributed by atoms with Gasteiger partial charge in [-0.2, -0.15) is 0 Å². The topological polar surface area (TPSA) is 35.5 Å². The van der Waals surface area contributed by atoms with Gasteiger partial charge in [0.15, 0.2) is 5.78 Å². The van der Waals surface area contributed by atoms with Gasteiger partial charge in [-0.05, 0) is 45.2 Å². The molecule has 1 aromatic carbocycles. The monoisotopic (exact) mass is 262 g/mol. The molecule has 2 atom stereocenters. The lowest BCUT2D eigenvalue weighted by atomic mass is 9.99. The van der Waals surface area contributed by atoms with Crippen molar-refractivity contribution in [1.29, 1.82) is 0 Å². The minimum atomic E-state index is -0.412. The number of benzene rings is 1. The van der Waals surface area contributed by atoms with Crippen LogP contribution in [0.1, 0.15) is 41.3 Å². The first kappa shape index (κ1) is 14.2. The Kier molecular flexibility index (Phi) is 4.72. The number of ether oxygens (including phenoxy) is 2. The highest BCUT2D eigenvalue weighted by Gasteiger charge is 2.21. The molecule has 0 radical (unpaired) electrons. The number of ketones is 1. The highest BCUT2D eigenvalue weighted by atomic mass is 16.5. The predicted molar refractivity (Wildman–Crippen MR) is 74.6 cm³/mol. The van der Waals surface area contributed by atoms with Crippen molar-refractivity contribution < 1.29 is 14.3 Å². The van der Waals surface area contributed by atoms with Crippen LogP contribution in [0.3, 0.4) is 0 Å². The summed E-state index contributed by atoms with van der Waals surface area (Å²) < 4.78 is 11.2. The van der Waals surface area contributed by atoms with Crippen molar-refractivity contribution >= 4 is 5.78 Å². The maximum Gasteiger partial charge on any atom is 0.191 e. The standard InChI is InChI=1S/C16H22O3/c1-11-6-7-12(2)15(9-11)16(17)13(3)19-10-14-5-4-8-18-14/h6-7,9,13-14H,4-5,8,10H2,1-3H3. The lowest BCUT2D eigenvalue weighted by Gasteiger charge is -2.16. The molecule has 2 unspecified atom stereocenters. The van der Waals surface area contributed by atoms with Crippen molar-refractivity contribution in [3.05, 3.63) is 34.9 Å². The van der Waals surface area contributed by atoms with Gasteiger partial charge in [0, 0.05) is 12.2 Å². The molecule has 0 N–H and O–H groups in total. The second-order valence-electron chi connectivity index (χ2n) is 5.29. The number of aryl methyl sites for hydroxylation is 2. The SMILES string of the molecule is Cc1ccc(C)c(C(=O)C(C)OCC2CCCO2)c1. The molecule has 1 aliphatic heterocycles. The molecule has 3 nitrogen and oxygen atoms in total. The van der Waals surface area contributed by atoms with Crippen LogP contribution >= 0.6 is 0 Å². The van der Waals surface area contributed by atoms with Crippen LogP contribution in [0.25, 0.3) is 0 Å². The van der Waals surface area contributed by atoms with Gasteiger partial charge in [0.1, 0.15) is 6.10 Å². The number of Topliss-reactive ketones (excluding diaryl/α,β-unsaturated/α-hetero) is 1. The van der Waals surface area contributed by atoms with Crippen molar-refractivity contribution in [3.63, 3.8) is 0 Å². The molecule has 1 saturated heterocycles. The van der Waals surface area contributed by atoms with Gasteiger partial charge in [0.25, 0.3) is 0 Å². The minimum Gasteiger partial charge on any atom is -0.376 e. The van der Waals surface area contributed by atoms with E-state index in [0.717, 1.165) is 36.1 Å². The van der Waals surface area contributed by atoms with E-state index in [4.69, 9.17) is 9.47 Å². The molecule has 3 heteroatoms. The third-order valence-electron chi connectivity index (χ3n) is 3.58. The zero-order valence-electron chi connectivity index (χ0n) is 11.9. The molecule has 0 amide bonds. The van der Waals surface area contributed by atoms with Crippen molar-refractivity contribution in [2.24, 2.45) is 0 Å². The summed E-state index contributed by atoms with van der Waals surface area (Å²) in [5, 5.41) is 0. The van der Waals surface area contributed by atoms with Crippen molar-refractivity contribution in [1.82, 2.24) is 0 Å². The molecule has 1 aromatic rings. The highest BCUT2D eigenvalue weighted by molar-refractivity contribution is 6.00. The second-order valence-corrected chi connectivity index (χ2v) is 5.29. The zero-order valence-corrected chi connectivity index (χ0v) is 11.9. The Bertz CT molecular complexity index is 447. The van der Waals surface area contributed by atoms with Gasteiger partial charge in [-0.3, -0.25) is 4.79 Å². The van der Waals surface area contributed by atoms with Gasteiger partial charge in [-0.15, -0.1) is 0 Å². The van der Waals surface area contributed by atoms with E-state index >= 15 is 0 Å². The van der Waals surface area contributed by atoms with Crippen LogP contribution in [0, 0.1) is 13.8 Å². The van der Waals surface area contributed by atoms with Crippen molar-refractivity contribution in [3.8, 4) is 0 Å². The lowest BCUT2D eigenvalue weighted by molar-refractivity contribution is -0.00761. The summed E-state index contributed by atoms with van der Waals surface area (Å²) in [6, 6.07) is 5.93. The molecule has 1 heterocycles. The van der Waals surface area contributed by atoms with Crippen LogP contribution in [0.5, 0.6) is 0 Å². The molecule has 19 heavy (non-hydrogen) atoms. The summed E-state index contributed by atoms with van der Waals surface area (Å²) >= 11 is 0. The predicted octanol–water partition coefficient (Wildman–Crippen LogP) is 3.07. The number of carbonyl (C=O) groups is 1. The van der Waals surface area contributed by atoms with E-state index in [1.54, 1.807) is 0 Å². The minimum absolute atomic E-state index is 0.0548. The van der Waals surface area contributed by atoms with Crippen LogP contribution < -0.4 is 0 Å². The van der Waals surface area contributed by atoms with Crippen LogP contribution in [0.15, 0.2) is 18.2 Å². The molecule has 0 saturated carbocycles. The Morgan fingerprint density at radius 3 is 2.95 bits per heavy atom. The highest BCUT2D eigenvalue weighted by Crippen LogP contribution is 2.16. The Morgan fingerprint density at radius 2 is 2.26 bits per heavy atom. The van der Waals surface area contributed by atoms with E-state index in [9.17, 15) is 4.79 Å². The van der Waals surface area contributed by atoms with Crippen molar-refractivity contribution in [2.75, 3.05) is 13.2 Å². The van der Waals surface area contributed by atoms with E-state index in [1.807, 2.05) is 39.0 Å². The summed E-state index contributed by atoms with van der Waals surface area (Å²) in [7, 11) is 0. The maximum atomic E-state index is 12.4. The van der Waals surface area contributed by atoms with Crippen LogP contribution in [0.4, 0.5) is 0 Å². The first-order chi connectivity index (χ1) is 9.08. The van der Waals surface area contributed by atoms with Gasteiger partial charge in [0.05, 0.1) is 12.7 Å². The molecule has 1 aliphatic rings. The smallest absolute Gasteiger partial charge is 0.191 e. The Hall–Kier alpha value is -1.19. The van der Waals surface area contributed by atoms with Gasteiger partial charge < -0.3 is 9.47 Å². The maximum absolute atomic E-state index is 12.4. The van der Waals surface area contributed by atoms with Gasteiger partial charge in [0.2, 0.25) is 0 Å². The fraction of sp³-hybridized carbons (Fsp3) is 0.562. The summed E-state index contributed by atoms with van der Waals surface area (Å²) in [6.45, 7) is 7.09. The summed E-state index contributed by atoms with van der Waals surface area (Å²) in [5.74, 6) is 0.0548. The molecular formula is C16H22O3. The molecule has 2 rings (SSSR count). The van der Waals surface area contributed by atoms with Gasteiger partial charge in [-0.25, -0.2) is 0 Å². The normalized spacial score (nSPS) is 20.5. The van der Waals surface area contributed by atoms with E-state index in [-0.39, 0.29) is 11.9 Å². The fourth-order valence-electron chi connectivity index (χ4n) is 2.32. The van der Waals surface area contributed by atoms with Crippen molar-refractivity contribution in [2.45, 2.75) is 45.8 Å². The Morgan fingerprint density at radius 1 is 1.47 bits per heavy atom. The molecule has 104 valence electrons. The fourth-order valence-corrected chi connectivity index (χ4v) is 2.32. The number of hydrogen-bond acceptors (Lipinski definition) is 3. The first-order valence-electron chi connectivity index (χ1n) is 6.92. The third-order valence-corrected chi connectivity index (χ3v) is 3.58. The largest absolute Gasteiger partial charge is 0.376 e. The zero-order chi connectivity index (χ0) is 13.8. The van der Waals surface area contributed by atoms with Crippen LogP contribution in [0.2, 0.25) is 0 Å². The van der Waals surface area contributed by atoms with Crippen LogP contribution in [-0.4, -0.2) is 31.2 Å². The average molecular weight is 262 g/mol. The van der Waals surface area contributed by atoms with E-state index in [1.165, 1.54) is 0 Å². The molecule has 1 fully saturated rings. The Labute approximate surface area is 114 Å². The van der Waals surface area contributed by atoms with E-state index in [2.05, 4.69) is 0 Å². The molecular weight excluding hydrogens is 240 g/mol. The summed E-state index contributed by atoms with van der Waals surface area (Å²) in [4.78, 5) is 12.4. The quantitative estimate of drug-likeness (QED) is 0.765. The van der Waals surface area contributed by atoms with Crippen LogP contribution in [-0.2, 0) is 9.47 Å². The number of hydrogen-bond donors (Lipinski definition) is 0. The molecule has 0 bridgehead atoms. The molecule has 0 aromatic heterocycles. The second kappa shape index (κ2) is 6.31. The molecule has 0 aliphatic carbocycles. The first-order valence-corrected chi connectivity index (χ1v) is 6.92. The van der Waals surface area contributed by atoms with E-state index < -0.39 is 6.10 Å². The summed E-state index contributed by atoms with van der Waals surface area (Å²) in [5.41, 5.74) is 2.86. The summed E-state index contributed by atoms with van der Waals surface area (Å²) in [6.07, 6.45) is 1.87. The molecule has 0 spiro atoms. The van der Waals surface area contributed by atoms with E-state index in [0.29, 0.717) is 6.61 Å². The lowest BCUT2D eigenvalue weighted by Crippen LogP contribution is -2.26.